The number of nitrogens with zero attached hydrogens (tertiary/aromatic N) is 1. The summed E-state index contributed by atoms with van der Waals surface area (Å²) < 4.78 is 22.4. The molecule has 2 bridgehead atoms. The van der Waals surface area contributed by atoms with Crippen LogP contribution in [0, 0.1) is 0 Å². The zero-order valence-electron chi connectivity index (χ0n) is 22.8. The minimum absolute atomic E-state index is 0.156. The molecule has 0 atom stereocenters. The highest BCUT2D eigenvalue weighted by Gasteiger charge is 2.16. The van der Waals surface area contributed by atoms with Crippen molar-refractivity contribution in [2.45, 2.75) is 38.8 Å². The van der Waals surface area contributed by atoms with E-state index >= 15 is 0 Å². The van der Waals surface area contributed by atoms with E-state index in [1.807, 2.05) is 30.3 Å². The maximum Gasteiger partial charge on any atom is 0.251 e. The van der Waals surface area contributed by atoms with Gasteiger partial charge in [-0.1, -0.05) is 24.3 Å². The molecule has 1 N–H and O–H groups in total. The highest BCUT2D eigenvalue weighted by molar-refractivity contribution is 5.94. The maximum absolute atomic E-state index is 13.2. The molecule has 3 aromatic rings. The number of methoxy groups -OCH3 is 3. The van der Waals surface area contributed by atoms with E-state index in [1.165, 1.54) is 11.1 Å². The van der Waals surface area contributed by atoms with Crippen LogP contribution >= 0.6 is 0 Å². The van der Waals surface area contributed by atoms with Crippen molar-refractivity contribution in [1.29, 1.82) is 0 Å². The van der Waals surface area contributed by atoms with Crippen LogP contribution in [0.5, 0.6) is 23.0 Å². The zero-order chi connectivity index (χ0) is 26.9. The quantitative estimate of drug-likeness (QED) is 0.482. The minimum atomic E-state index is -0.156. The Bertz CT molecular complexity index is 1220. The molecule has 0 saturated heterocycles. The molecule has 0 spiro atoms. The van der Waals surface area contributed by atoms with Gasteiger partial charge in [0.25, 0.3) is 5.91 Å². The van der Waals surface area contributed by atoms with Crippen LogP contribution < -0.4 is 24.3 Å². The van der Waals surface area contributed by atoms with Crippen LogP contribution in [0.25, 0.3) is 0 Å². The van der Waals surface area contributed by atoms with Gasteiger partial charge in [-0.3, -0.25) is 4.79 Å². The number of amides is 1. The first-order valence-corrected chi connectivity index (χ1v) is 13.1. The van der Waals surface area contributed by atoms with Gasteiger partial charge >= 0.3 is 0 Å². The molecule has 7 nitrogen and oxygen atoms in total. The van der Waals surface area contributed by atoms with Crippen molar-refractivity contribution < 1.29 is 23.7 Å². The molecule has 3 aromatic carbocycles. The van der Waals surface area contributed by atoms with Gasteiger partial charge in [0.05, 0.1) is 27.9 Å². The molecule has 0 saturated carbocycles. The fraction of sp³-hybridized carbons (Fsp3) is 0.387. The summed E-state index contributed by atoms with van der Waals surface area (Å²) in [5.41, 5.74) is 4.94. The average molecular weight is 519 g/mol. The lowest BCUT2D eigenvalue weighted by Crippen LogP contribution is -2.23. The summed E-state index contributed by atoms with van der Waals surface area (Å²) in [5, 5.41) is 3.02. The zero-order valence-corrected chi connectivity index (χ0v) is 22.8. The molecule has 0 aromatic heterocycles. The van der Waals surface area contributed by atoms with E-state index < -0.39 is 0 Å². The van der Waals surface area contributed by atoms with Crippen LogP contribution in [0.1, 0.15) is 51.9 Å². The Labute approximate surface area is 225 Å². The van der Waals surface area contributed by atoms with E-state index in [4.69, 9.17) is 18.9 Å². The number of nitrogens with one attached hydrogen (secondary N) is 1. The standard InChI is InChI=1S/C31H38N2O5/c1-33-13-6-5-7-14-38-27-12-11-25(19-26(27)16-22-9-8-10-23(15-22)21-33)31(34)32-20-24-17-28(35-2)30(37-4)29(18-24)36-3/h8-12,15,17-19H,5-7,13-14,16,20-21H2,1-4H3,(H,32,34). The molecule has 7 heteroatoms. The number of benzene rings is 3. The first kappa shape index (κ1) is 27.3. The number of carbonyl (C=O) groups is 1. The van der Waals surface area contributed by atoms with Crippen molar-refractivity contribution in [2.24, 2.45) is 0 Å². The van der Waals surface area contributed by atoms with Gasteiger partial charge in [0, 0.05) is 25.1 Å². The van der Waals surface area contributed by atoms with E-state index in [2.05, 4.69) is 41.5 Å². The summed E-state index contributed by atoms with van der Waals surface area (Å²) in [6.07, 6.45) is 3.98. The maximum atomic E-state index is 13.2. The number of ether oxygens (including phenoxy) is 4. The molecular formula is C31H38N2O5. The molecule has 0 fully saturated rings. The Kier molecular flexibility index (Phi) is 9.49. The van der Waals surface area contributed by atoms with Crippen LogP contribution in [0.4, 0.5) is 0 Å². The number of carbonyl (C=O) groups excluding carboxylic acids is 1. The second-order valence-corrected chi connectivity index (χ2v) is 9.68. The number of rotatable bonds is 6. The Balaban J connectivity index is 1.54. The predicted octanol–water partition coefficient (Wildman–Crippen LogP) is 5.23. The molecule has 0 unspecified atom stereocenters. The van der Waals surface area contributed by atoms with E-state index in [0.717, 1.165) is 49.2 Å². The van der Waals surface area contributed by atoms with E-state index in [0.29, 0.717) is 42.4 Å². The van der Waals surface area contributed by atoms with Gasteiger partial charge in [0.2, 0.25) is 5.75 Å². The second kappa shape index (κ2) is 13.2. The Hall–Kier alpha value is -3.71. The van der Waals surface area contributed by atoms with Crippen molar-refractivity contribution in [3.63, 3.8) is 0 Å². The lowest BCUT2D eigenvalue weighted by Gasteiger charge is -2.19. The Morgan fingerprint density at radius 1 is 0.921 bits per heavy atom. The van der Waals surface area contributed by atoms with Gasteiger partial charge in [-0.25, -0.2) is 0 Å². The summed E-state index contributed by atoms with van der Waals surface area (Å²) in [6.45, 7) is 3.00. The highest BCUT2D eigenvalue weighted by Crippen LogP contribution is 2.38. The SMILES string of the molecule is COc1cc(CNC(=O)c2ccc3c(c2)Cc2cccc(c2)CN(C)CCCCCO3)cc(OC)c1OC. The molecule has 0 aliphatic carbocycles. The van der Waals surface area contributed by atoms with Gasteiger partial charge in [-0.05, 0) is 85.4 Å². The van der Waals surface area contributed by atoms with Crippen LogP contribution in [-0.4, -0.2) is 52.3 Å². The van der Waals surface area contributed by atoms with E-state index in [1.54, 1.807) is 21.3 Å². The first-order valence-electron chi connectivity index (χ1n) is 13.1. The molecule has 1 amide bonds. The summed E-state index contributed by atoms with van der Waals surface area (Å²) in [4.78, 5) is 15.5. The fourth-order valence-corrected chi connectivity index (χ4v) is 4.81. The lowest BCUT2D eigenvalue weighted by atomic mass is 9.99. The van der Waals surface area contributed by atoms with Gasteiger partial charge in [0.1, 0.15) is 5.75 Å². The third-order valence-corrected chi connectivity index (χ3v) is 6.78. The third kappa shape index (κ3) is 6.98. The van der Waals surface area contributed by atoms with Crippen molar-refractivity contribution in [3.8, 4) is 23.0 Å². The summed E-state index contributed by atoms with van der Waals surface area (Å²) >= 11 is 0. The van der Waals surface area contributed by atoms with Gasteiger partial charge in [0.15, 0.2) is 11.5 Å². The van der Waals surface area contributed by atoms with Crippen molar-refractivity contribution in [1.82, 2.24) is 10.2 Å². The number of fused-ring (bicyclic) bond motifs is 3. The summed E-state index contributed by atoms with van der Waals surface area (Å²) in [6, 6.07) is 18.1. The van der Waals surface area contributed by atoms with E-state index in [9.17, 15) is 4.79 Å². The van der Waals surface area contributed by atoms with Gasteiger partial charge < -0.3 is 29.2 Å². The molecule has 1 aliphatic rings. The molecule has 38 heavy (non-hydrogen) atoms. The minimum Gasteiger partial charge on any atom is -0.493 e. The van der Waals surface area contributed by atoms with Crippen molar-refractivity contribution >= 4 is 5.91 Å². The third-order valence-electron chi connectivity index (χ3n) is 6.78. The van der Waals surface area contributed by atoms with Crippen molar-refractivity contribution in [2.75, 3.05) is 41.5 Å². The molecule has 202 valence electrons. The first-order chi connectivity index (χ1) is 18.5. The average Bonchev–Trinajstić information content (AvgIpc) is 2.93. The second-order valence-electron chi connectivity index (χ2n) is 9.68. The van der Waals surface area contributed by atoms with Crippen molar-refractivity contribution in [3.05, 3.63) is 82.4 Å². The van der Waals surface area contributed by atoms with E-state index in [-0.39, 0.29) is 5.91 Å². The number of hydrogen-bond acceptors (Lipinski definition) is 6. The molecule has 1 heterocycles. The molecule has 0 radical (unpaired) electrons. The number of hydrogen-bond donors (Lipinski definition) is 1. The highest BCUT2D eigenvalue weighted by atomic mass is 16.5. The Morgan fingerprint density at radius 3 is 2.42 bits per heavy atom. The van der Waals surface area contributed by atoms with Crippen LogP contribution in [-0.2, 0) is 19.5 Å². The van der Waals surface area contributed by atoms with Crippen LogP contribution in [0.15, 0.2) is 54.6 Å². The molecule has 4 rings (SSSR count). The Morgan fingerprint density at radius 2 is 1.68 bits per heavy atom. The monoisotopic (exact) mass is 518 g/mol. The topological polar surface area (TPSA) is 69.3 Å². The lowest BCUT2D eigenvalue weighted by molar-refractivity contribution is 0.0950. The van der Waals surface area contributed by atoms with Crippen LogP contribution in [0.2, 0.25) is 0 Å². The summed E-state index contributed by atoms with van der Waals surface area (Å²) in [7, 11) is 6.89. The molecular weight excluding hydrogens is 480 g/mol. The van der Waals surface area contributed by atoms with Gasteiger partial charge in [-0.2, -0.15) is 0 Å². The smallest absolute Gasteiger partial charge is 0.251 e. The summed E-state index contributed by atoms with van der Waals surface area (Å²) in [5.74, 6) is 2.30. The van der Waals surface area contributed by atoms with Crippen LogP contribution in [0.3, 0.4) is 0 Å². The predicted molar refractivity (Wildman–Crippen MR) is 149 cm³/mol. The largest absolute Gasteiger partial charge is 0.493 e. The molecule has 1 aliphatic heterocycles. The normalized spacial score (nSPS) is 14.4. The fourth-order valence-electron chi connectivity index (χ4n) is 4.81. The van der Waals surface area contributed by atoms with Gasteiger partial charge in [-0.15, -0.1) is 0 Å².